The van der Waals surface area contributed by atoms with E-state index >= 15 is 0 Å². The maximum atomic E-state index is 7.08. The third kappa shape index (κ3) is 6.22. The highest BCUT2D eigenvalue weighted by Crippen LogP contribution is 2.51. The van der Waals surface area contributed by atoms with Gasteiger partial charge in [0.1, 0.15) is 45.3 Å². The minimum Gasteiger partial charge on any atom is -0.457 e. The molecule has 6 heterocycles. The monoisotopic (exact) mass is 1010 g/mol. The van der Waals surface area contributed by atoms with Gasteiger partial charge in [0.15, 0.2) is 0 Å². The van der Waals surface area contributed by atoms with Crippen molar-refractivity contribution in [1.29, 1.82) is 0 Å². The first-order valence-corrected chi connectivity index (χ1v) is 27.2. The Balaban J connectivity index is 0.938. The largest absolute Gasteiger partial charge is 0.457 e. The molecule has 0 spiro atoms. The average molecular weight is 1010 g/mol. The van der Waals surface area contributed by atoms with Gasteiger partial charge in [-0.3, -0.25) is 0 Å². The number of ether oxygens (including phenoxy) is 2. The van der Waals surface area contributed by atoms with Crippen molar-refractivity contribution in [1.82, 2.24) is 0 Å². The molecule has 11 aromatic carbocycles. The number of nitrogens with zero attached hydrogens (tertiary/aromatic N) is 2. The predicted molar refractivity (Wildman–Crippen MR) is 314 cm³/mol. The van der Waals surface area contributed by atoms with Crippen LogP contribution in [0.1, 0.15) is 0 Å². The van der Waals surface area contributed by atoms with Gasteiger partial charge in [0.05, 0.1) is 9.79 Å². The van der Waals surface area contributed by atoms with Gasteiger partial charge in [-0.15, -0.1) is 0 Å². The zero-order valence-corrected chi connectivity index (χ0v) is 42.1. The summed E-state index contributed by atoms with van der Waals surface area (Å²) in [5.41, 5.74) is 17.7. The van der Waals surface area contributed by atoms with Crippen LogP contribution in [0.4, 0.5) is 34.1 Å². The second-order valence-corrected chi connectivity index (χ2v) is 21.9. The lowest BCUT2D eigenvalue weighted by Gasteiger charge is -2.44. The molecule has 0 radical (unpaired) electrons. The van der Waals surface area contributed by atoms with Crippen LogP contribution in [0.25, 0.3) is 43.9 Å². The molecule has 0 bridgehead atoms. The molecule has 4 aliphatic rings. The summed E-state index contributed by atoms with van der Waals surface area (Å²) in [4.78, 5) is 9.77. The smallest absolute Gasteiger partial charge is 0.249 e. The summed E-state index contributed by atoms with van der Waals surface area (Å²) in [6, 6.07) is 81.9. The number of hydrogen-bond acceptors (Lipinski definition) is 8. The summed E-state index contributed by atoms with van der Waals surface area (Å²) >= 11 is 3.64. The van der Waals surface area contributed by atoms with Gasteiger partial charge in [0, 0.05) is 77.6 Å². The molecule has 2 aromatic heterocycles. The molecule has 0 unspecified atom stereocenters. The molecular weight excluding hydrogens is 970 g/mol. The maximum Gasteiger partial charge on any atom is 0.249 e. The Kier molecular flexibility index (Phi) is 9.08. The van der Waals surface area contributed by atoms with Crippen molar-refractivity contribution < 1.29 is 18.3 Å². The van der Waals surface area contributed by atoms with Crippen LogP contribution in [0.2, 0.25) is 0 Å². The van der Waals surface area contributed by atoms with Gasteiger partial charge >= 0.3 is 0 Å². The fourth-order valence-corrected chi connectivity index (χ4v) is 15.0. The highest BCUT2D eigenvalue weighted by molar-refractivity contribution is 8.00. The fraction of sp³-hybridized carbons (Fsp3) is 0. The van der Waals surface area contributed by atoms with E-state index in [1.165, 1.54) is 42.6 Å². The molecule has 0 N–H and O–H groups in total. The van der Waals surface area contributed by atoms with Crippen molar-refractivity contribution in [2.45, 2.75) is 19.6 Å². The number of fused-ring (bicyclic) bond motifs is 16. The predicted octanol–water partition coefficient (Wildman–Crippen LogP) is 14.6. The molecule has 0 aliphatic carbocycles. The minimum atomic E-state index is -0.0956. The molecule has 354 valence electrons. The van der Waals surface area contributed by atoms with Crippen molar-refractivity contribution in [2.24, 2.45) is 0 Å². The highest BCUT2D eigenvalue weighted by atomic mass is 32.2. The molecule has 0 saturated heterocycles. The van der Waals surface area contributed by atoms with Gasteiger partial charge in [-0.05, 0) is 125 Å². The Labute approximate surface area is 446 Å². The van der Waals surface area contributed by atoms with Crippen LogP contribution in [0, 0.1) is 0 Å². The van der Waals surface area contributed by atoms with Crippen LogP contribution in [-0.2, 0) is 0 Å². The number of benzene rings is 11. The summed E-state index contributed by atoms with van der Waals surface area (Å²) in [7, 11) is 0. The zero-order chi connectivity index (χ0) is 49.6. The van der Waals surface area contributed by atoms with Crippen LogP contribution in [0.5, 0.6) is 23.0 Å². The third-order valence-electron chi connectivity index (χ3n) is 15.6. The van der Waals surface area contributed by atoms with Crippen molar-refractivity contribution in [2.75, 3.05) is 9.80 Å². The lowest BCUT2D eigenvalue weighted by Crippen LogP contribution is -2.64. The van der Waals surface area contributed by atoms with Crippen LogP contribution in [-0.4, -0.2) is 13.4 Å². The summed E-state index contributed by atoms with van der Waals surface area (Å²) < 4.78 is 26.9. The van der Waals surface area contributed by atoms with E-state index < -0.39 is 0 Å². The number of hydrogen-bond donors (Lipinski definition) is 0. The molecule has 17 rings (SSSR count). The molecule has 13 aromatic rings. The van der Waals surface area contributed by atoms with E-state index in [1.54, 1.807) is 0 Å². The Hall–Kier alpha value is -8.95. The average Bonchev–Trinajstić information content (AvgIpc) is 4.12. The summed E-state index contributed by atoms with van der Waals surface area (Å²) in [6.45, 7) is -0.191. The highest BCUT2D eigenvalue weighted by Gasteiger charge is 2.47. The second-order valence-electron chi connectivity index (χ2n) is 19.8. The van der Waals surface area contributed by atoms with Gasteiger partial charge in [0.25, 0.3) is 0 Å². The first-order valence-electron chi connectivity index (χ1n) is 25.6. The quantitative estimate of drug-likeness (QED) is 0.153. The number of para-hydroxylation sites is 4. The summed E-state index contributed by atoms with van der Waals surface area (Å²) in [5.74, 6) is 3.03. The number of furan rings is 2. The number of rotatable bonds is 6. The molecule has 0 amide bonds. The van der Waals surface area contributed by atoms with E-state index in [0.717, 1.165) is 111 Å². The molecule has 4 aliphatic heterocycles. The van der Waals surface area contributed by atoms with Crippen molar-refractivity contribution >= 4 is 148 Å². The van der Waals surface area contributed by atoms with Crippen LogP contribution in [0.3, 0.4) is 0 Å². The first kappa shape index (κ1) is 42.4. The number of anilines is 6. The van der Waals surface area contributed by atoms with E-state index in [9.17, 15) is 0 Å². The Morgan fingerprint density at radius 1 is 0.329 bits per heavy atom. The van der Waals surface area contributed by atoms with Crippen molar-refractivity contribution in [3.8, 4) is 23.0 Å². The van der Waals surface area contributed by atoms with Crippen LogP contribution < -0.4 is 52.1 Å². The van der Waals surface area contributed by atoms with Crippen LogP contribution >= 0.6 is 23.5 Å². The lowest BCUT2D eigenvalue weighted by atomic mass is 9.31. The van der Waals surface area contributed by atoms with Crippen LogP contribution in [0.15, 0.2) is 259 Å². The van der Waals surface area contributed by atoms with E-state index in [4.69, 9.17) is 18.3 Å². The zero-order valence-electron chi connectivity index (χ0n) is 40.4. The molecule has 6 nitrogen and oxygen atoms in total. The van der Waals surface area contributed by atoms with Gasteiger partial charge in [-0.25, -0.2) is 0 Å². The molecule has 0 saturated carbocycles. The van der Waals surface area contributed by atoms with E-state index in [1.807, 2.05) is 96.3 Å². The molecule has 76 heavy (non-hydrogen) atoms. The van der Waals surface area contributed by atoms with E-state index in [2.05, 4.69) is 168 Å². The first-order chi connectivity index (χ1) is 37.7. The second kappa shape index (κ2) is 16.3. The van der Waals surface area contributed by atoms with Gasteiger partial charge in [-0.2, -0.15) is 0 Å². The lowest BCUT2D eigenvalue weighted by molar-refractivity contribution is 0.482. The normalized spacial score (nSPS) is 13.6. The Bertz CT molecular complexity index is 4280. The van der Waals surface area contributed by atoms with E-state index in [-0.39, 0.29) is 13.4 Å². The standard InChI is InChI=1S/C66H38B2N2O4S2/c1-5-17-39(18-6-1)69-53-38-54-52(37-51(53)67-49-25-13-15-27-59(49)75-65-61(67)55(69)35-47-45-31-29-43(33-57(45)73-63(47)65)71-41-21-9-3-10-22-41)68-50-26-14-16-28-60(50)76-66-62(68)56(70(54)40-19-7-2-8-20-40)36-48-46-32-30-44(34-58(46)74-64(48)66)72-42-23-11-4-12-24-42/h1-38H. The molecule has 10 heteroatoms. The third-order valence-corrected chi connectivity index (χ3v) is 18.0. The van der Waals surface area contributed by atoms with Gasteiger partial charge < -0.3 is 28.1 Å². The molecule has 0 atom stereocenters. The van der Waals surface area contributed by atoms with Crippen molar-refractivity contribution in [3.63, 3.8) is 0 Å². The maximum absolute atomic E-state index is 7.08. The fourth-order valence-electron chi connectivity index (χ4n) is 12.5. The molecule has 0 fully saturated rings. The Morgan fingerprint density at radius 2 is 0.737 bits per heavy atom. The topological polar surface area (TPSA) is 51.2 Å². The SMILES string of the molecule is c1ccc(Oc2ccc3c(c2)oc2c4c5c(cc23)N(c2ccccc2)c2cc3c(cc2B5c2ccccc2S4)B2c4ccccc4Sc4c2c(cc2c4oc4cc(Oc5ccccc5)ccc42)N3c2ccccc2)cc1. The Morgan fingerprint density at radius 3 is 1.18 bits per heavy atom. The summed E-state index contributed by atoms with van der Waals surface area (Å²) in [6.07, 6.45) is 0. The molecular formula is C66H38B2N2O4S2. The minimum absolute atomic E-state index is 0.0956. The van der Waals surface area contributed by atoms with Gasteiger partial charge in [0.2, 0.25) is 13.4 Å². The van der Waals surface area contributed by atoms with Gasteiger partial charge in [-0.1, -0.05) is 150 Å². The van der Waals surface area contributed by atoms with E-state index in [0.29, 0.717) is 0 Å². The van der Waals surface area contributed by atoms with Crippen molar-refractivity contribution in [3.05, 3.63) is 231 Å². The summed E-state index contributed by atoms with van der Waals surface area (Å²) in [5, 5.41) is 4.23.